The Morgan fingerprint density at radius 2 is 1.41 bits per heavy atom. The lowest BCUT2D eigenvalue weighted by atomic mass is 10.1. The minimum Gasteiger partial charge on any atom is -0.331 e. The first-order valence-electron chi connectivity index (χ1n) is 9.50. The van der Waals surface area contributed by atoms with Crippen molar-refractivity contribution < 1.29 is 19.3 Å². The molecule has 1 amide bonds. The van der Waals surface area contributed by atoms with Gasteiger partial charge in [0.1, 0.15) is 0 Å². The van der Waals surface area contributed by atoms with Crippen molar-refractivity contribution in [3.05, 3.63) is 101 Å². The van der Waals surface area contributed by atoms with E-state index in [0.717, 1.165) is 0 Å². The van der Waals surface area contributed by atoms with Gasteiger partial charge >= 0.3 is 11.1 Å². The maximum Gasteiger partial charge on any atom is 0.359 e. The highest BCUT2D eigenvalue weighted by atomic mass is 32.2. The van der Waals surface area contributed by atoms with Gasteiger partial charge in [0.2, 0.25) is 0 Å². The third-order valence-electron chi connectivity index (χ3n) is 5.00. The number of para-hydroxylation sites is 2. The number of rotatable bonds is 4. The van der Waals surface area contributed by atoms with Gasteiger partial charge in [-0.3, -0.25) is 24.6 Å². The molecule has 5 rings (SSSR count). The zero-order valence-electron chi connectivity index (χ0n) is 16.3. The Morgan fingerprint density at radius 3 is 1.97 bits per heavy atom. The van der Waals surface area contributed by atoms with Gasteiger partial charge in [-0.2, -0.15) is 0 Å². The van der Waals surface area contributed by atoms with E-state index in [0.29, 0.717) is 34.5 Å². The third-order valence-corrected chi connectivity index (χ3v) is 6.06. The summed E-state index contributed by atoms with van der Waals surface area (Å²) >= 11 is 0.714. The molecule has 3 aromatic carbocycles. The SMILES string of the molecule is O=C1SC2(ON=C(c3ccc([N+](=O)[O-])cc3)N2c2ccccc2)N(c2ccccc2)C1=O. The van der Waals surface area contributed by atoms with Crippen LogP contribution in [0.15, 0.2) is 90.1 Å². The molecule has 158 valence electrons. The molecule has 2 heterocycles. The molecule has 0 N–H and O–H groups in total. The number of oxime groups is 1. The van der Waals surface area contributed by atoms with Crippen LogP contribution in [0.1, 0.15) is 5.56 Å². The van der Waals surface area contributed by atoms with E-state index in [1.54, 1.807) is 59.5 Å². The van der Waals surface area contributed by atoms with Crippen LogP contribution in [0.25, 0.3) is 0 Å². The van der Waals surface area contributed by atoms with Gasteiger partial charge < -0.3 is 4.84 Å². The fraction of sp³-hybridized carbons (Fsp3) is 0.0455. The van der Waals surface area contributed by atoms with Crippen LogP contribution in [0.2, 0.25) is 0 Å². The van der Waals surface area contributed by atoms with Gasteiger partial charge in [0.15, 0.2) is 5.84 Å². The second-order valence-corrected chi connectivity index (χ2v) is 8.00. The number of hydrogen-bond acceptors (Lipinski definition) is 8. The quantitative estimate of drug-likeness (QED) is 0.342. The first kappa shape index (κ1) is 19.8. The van der Waals surface area contributed by atoms with Crippen molar-refractivity contribution in [1.29, 1.82) is 0 Å². The third kappa shape index (κ3) is 3.00. The van der Waals surface area contributed by atoms with Crippen LogP contribution in [-0.2, 0) is 14.4 Å². The standard InChI is InChI=1S/C22H14N4O5S/c27-20-21(28)32-22(25(20)17-9-5-2-6-10-17)24(16-7-3-1-4-8-16)19(23-31-22)15-11-13-18(14-12-15)26(29)30/h1-14H. The Labute approximate surface area is 186 Å². The Hall–Kier alpha value is -4.18. The molecule has 1 spiro atoms. The monoisotopic (exact) mass is 446 g/mol. The van der Waals surface area contributed by atoms with Crippen molar-refractivity contribution in [3.8, 4) is 0 Å². The van der Waals surface area contributed by atoms with Crippen LogP contribution < -0.4 is 9.80 Å². The van der Waals surface area contributed by atoms with Gasteiger partial charge in [-0.25, -0.2) is 4.90 Å². The molecule has 1 unspecified atom stereocenters. The molecular weight excluding hydrogens is 432 g/mol. The van der Waals surface area contributed by atoms with Gasteiger partial charge in [-0.1, -0.05) is 41.6 Å². The van der Waals surface area contributed by atoms with Gasteiger partial charge in [0.25, 0.3) is 10.8 Å². The predicted molar refractivity (Wildman–Crippen MR) is 119 cm³/mol. The van der Waals surface area contributed by atoms with Gasteiger partial charge in [0.05, 0.1) is 10.6 Å². The van der Waals surface area contributed by atoms with Crippen LogP contribution in [0.3, 0.4) is 0 Å². The summed E-state index contributed by atoms with van der Waals surface area (Å²) in [5.41, 5.74) is 1.55. The van der Waals surface area contributed by atoms with Gasteiger partial charge in [0, 0.05) is 35.1 Å². The van der Waals surface area contributed by atoms with E-state index < -0.39 is 21.1 Å². The molecule has 3 aromatic rings. The van der Waals surface area contributed by atoms with Crippen molar-refractivity contribution in [3.63, 3.8) is 0 Å². The molecule has 10 heteroatoms. The molecule has 2 aliphatic heterocycles. The number of non-ortho nitro benzene ring substituents is 1. The number of nitro benzene ring substituents is 1. The number of anilines is 2. The largest absolute Gasteiger partial charge is 0.359 e. The summed E-state index contributed by atoms with van der Waals surface area (Å²) in [5, 5.41) is 13.0. The van der Waals surface area contributed by atoms with Crippen molar-refractivity contribution in [1.82, 2.24) is 0 Å². The number of nitrogens with zero attached hydrogens (tertiary/aromatic N) is 4. The van der Waals surface area contributed by atoms with E-state index in [1.807, 2.05) is 18.2 Å². The number of nitro groups is 1. The first-order chi connectivity index (χ1) is 15.5. The van der Waals surface area contributed by atoms with E-state index >= 15 is 0 Å². The highest BCUT2D eigenvalue weighted by Crippen LogP contribution is 2.49. The number of thioether (sulfide) groups is 1. The maximum absolute atomic E-state index is 12.9. The number of carbonyl (C=O) groups excluding carboxylic acids is 2. The summed E-state index contributed by atoms with van der Waals surface area (Å²) in [7, 11) is 0. The summed E-state index contributed by atoms with van der Waals surface area (Å²) in [6.45, 7) is 0. The number of carbonyl (C=O) groups is 2. The molecule has 1 fully saturated rings. The summed E-state index contributed by atoms with van der Waals surface area (Å²) in [4.78, 5) is 44.9. The minimum absolute atomic E-state index is 0.0688. The Morgan fingerprint density at radius 1 is 0.844 bits per heavy atom. The van der Waals surface area contributed by atoms with E-state index in [-0.39, 0.29) is 5.69 Å². The van der Waals surface area contributed by atoms with Crippen molar-refractivity contribution >= 4 is 45.7 Å². The lowest BCUT2D eigenvalue weighted by molar-refractivity contribution is -0.384. The van der Waals surface area contributed by atoms with E-state index in [9.17, 15) is 19.7 Å². The smallest absolute Gasteiger partial charge is 0.331 e. The zero-order valence-corrected chi connectivity index (χ0v) is 17.1. The van der Waals surface area contributed by atoms with Crippen molar-refractivity contribution in [2.45, 2.75) is 5.18 Å². The Balaban J connectivity index is 1.66. The lowest BCUT2D eigenvalue weighted by Gasteiger charge is -2.38. The maximum atomic E-state index is 12.9. The highest BCUT2D eigenvalue weighted by molar-refractivity contribution is 8.17. The van der Waals surface area contributed by atoms with Gasteiger partial charge in [-0.15, -0.1) is 0 Å². The average Bonchev–Trinajstić information content (AvgIpc) is 3.31. The average molecular weight is 446 g/mol. The van der Waals surface area contributed by atoms with E-state index in [1.165, 1.54) is 17.0 Å². The zero-order chi connectivity index (χ0) is 22.3. The van der Waals surface area contributed by atoms with Gasteiger partial charge in [-0.05, 0) is 36.4 Å². The second kappa shape index (κ2) is 7.50. The topological polar surface area (TPSA) is 105 Å². The molecule has 0 bridgehead atoms. The van der Waals surface area contributed by atoms with Crippen LogP contribution in [0.4, 0.5) is 17.1 Å². The number of amides is 1. The van der Waals surface area contributed by atoms with Crippen LogP contribution in [0.5, 0.6) is 0 Å². The molecule has 1 atom stereocenters. The fourth-order valence-electron chi connectivity index (χ4n) is 3.59. The van der Waals surface area contributed by atoms with Crippen LogP contribution in [0, 0.1) is 10.1 Å². The first-order valence-corrected chi connectivity index (χ1v) is 10.3. The molecule has 1 saturated heterocycles. The fourth-order valence-corrected chi connectivity index (χ4v) is 4.64. The molecule has 0 aromatic heterocycles. The van der Waals surface area contributed by atoms with Crippen molar-refractivity contribution in [2.24, 2.45) is 5.16 Å². The number of amidine groups is 1. The predicted octanol–water partition coefficient (Wildman–Crippen LogP) is 3.71. The second-order valence-electron chi connectivity index (χ2n) is 6.90. The Bertz CT molecular complexity index is 1250. The number of benzene rings is 3. The molecule has 0 aliphatic carbocycles. The Kier molecular flexibility index (Phi) is 4.63. The highest BCUT2D eigenvalue weighted by Gasteiger charge is 2.63. The van der Waals surface area contributed by atoms with E-state index in [2.05, 4.69) is 5.16 Å². The molecule has 32 heavy (non-hydrogen) atoms. The lowest BCUT2D eigenvalue weighted by Crippen LogP contribution is -2.57. The minimum atomic E-state index is -1.62. The molecule has 0 radical (unpaired) electrons. The molecule has 0 saturated carbocycles. The van der Waals surface area contributed by atoms with Crippen molar-refractivity contribution in [2.75, 3.05) is 9.80 Å². The summed E-state index contributed by atoms with van der Waals surface area (Å²) in [6.07, 6.45) is 0. The normalized spacial score (nSPS) is 19.9. The number of hydrogen-bond donors (Lipinski definition) is 0. The molecule has 2 aliphatic rings. The van der Waals surface area contributed by atoms with E-state index in [4.69, 9.17) is 4.84 Å². The summed E-state index contributed by atoms with van der Waals surface area (Å²) in [6, 6.07) is 23.6. The summed E-state index contributed by atoms with van der Waals surface area (Å²) < 4.78 is 0. The molecule has 9 nitrogen and oxygen atoms in total. The van der Waals surface area contributed by atoms with Crippen LogP contribution >= 0.6 is 11.8 Å². The van der Waals surface area contributed by atoms with Crippen LogP contribution in [-0.4, -0.2) is 27.0 Å². The molecular formula is C22H14N4O5S. The summed E-state index contributed by atoms with van der Waals surface area (Å²) in [5.74, 6) is -0.427.